The van der Waals surface area contributed by atoms with Crippen LogP contribution < -0.4 is 0 Å². The normalized spacial score (nSPS) is 57.1. The van der Waals surface area contributed by atoms with Crippen LogP contribution in [0.5, 0.6) is 0 Å². The largest absolute Gasteiger partial charge is 0.396 e. The van der Waals surface area contributed by atoms with Crippen LogP contribution >= 0.6 is 0 Å². The van der Waals surface area contributed by atoms with E-state index in [-0.39, 0.29) is 34.2 Å². The lowest BCUT2D eigenvalue weighted by Gasteiger charge is -2.74. The molecule has 0 aromatic rings. The van der Waals surface area contributed by atoms with Crippen molar-refractivity contribution in [3.05, 3.63) is 0 Å². The van der Waals surface area contributed by atoms with Gasteiger partial charge in [-0.1, -0.05) is 41.5 Å². The van der Waals surface area contributed by atoms with Gasteiger partial charge in [-0.05, 0) is 104 Å². The molecule has 5 rings (SSSR count). The Bertz CT molecular complexity index is 804. The lowest BCUT2D eigenvalue weighted by molar-refractivity contribution is -0.282. The number of aliphatic hydroxyl groups is 2. The van der Waals surface area contributed by atoms with E-state index in [4.69, 9.17) is 0 Å². The molecular weight excluding hydrogens is 396 g/mol. The maximum atomic E-state index is 12.7. The van der Waals surface area contributed by atoms with E-state index in [2.05, 4.69) is 41.5 Å². The molecule has 5 aliphatic rings. The van der Waals surface area contributed by atoms with Gasteiger partial charge in [0, 0.05) is 24.4 Å². The van der Waals surface area contributed by atoms with Crippen molar-refractivity contribution in [3.8, 4) is 0 Å². The van der Waals surface area contributed by atoms with Crippen LogP contribution in [0, 0.1) is 50.7 Å². The average molecular weight is 445 g/mol. The van der Waals surface area contributed by atoms with Gasteiger partial charge in [-0.2, -0.15) is 0 Å². The third-order valence-electron chi connectivity index (χ3n) is 13.3. The molecule has 32 heavy (non-hydrogen) atoms. The molecule has 0 aromatic carbocycles. The van der Waals surface area contributed by atoms with Gasteiger partial charge in [-0.25, -0.2) is 0 Å². The summed E-state index contributed by atoms with van der Waals surface area (Å²) in [6, 6.07) is 0. The van der Waals surface area contributed by atoms with Gasteiger partial charge in [0.15, 0.2) is 0 Å². The van der Waals surface area contributed by atoms with Gasteiger partial charge in [0.25, 0.3) is 0 Å². The van der Waals surface area contributed by atoms with Crippen LogP contribution in [0.3, 0.4) is 0 Å². The summed E-state index contributed by atoms with van der Waals surface area (Å²) in [5.41, 5.74) is 0.0257. The van der Waals surface area contributed by atoms with Crippen molar-refractivity contribution in [1.29, 1.82) is 0 Å². The molecule has 0 aliphatic heterocycles. The Morgan fingerprint density at radius 2 is 1.44 bits per heavy atom. The highest BCUT2D eigenvalue weighted by molar-refractivity contribution is 5.82. The monoisotopic (exact) mass is 444 g/mol. The Balaban J connectivity index is 1.57. The summed E-state index contributed by atoms with van der Waals surface area (Å²) in [5, 5.41) is 23.0. The third kappa shape index (κ3) is 2.70. The van der Waals surface area contributed by atoms with E-state index in [0.29, 0.717) is 35.4 Å². The van der Waals surface area contributed by atoms with Crippen molar-refractivity contribution in [1.82, 2.24) is 0 Å². The zero-order valence-electron chi connectivity index (χ0n) is 21.6. The highest BCUT2D eigenvalue weighted by atomic mass is 16.3. The van der Waals surface area contributed by atoms with Crippen LogP contribution in [-0.2, 0) is 4.79 Å². The molecule has 0 unspecified atom stereocenters. The van der Waals surface area contributed by atoms with Gasteiger partial charge in [0.1, 0.15) is 5.78 Å². The topological polar surface area (TPSA) is 57.5 Å². The number of rotatable bonds is 1. The number of carbonyl (C=O) groups excluding carboxylic acids is 1. The Morgan fingerprint density at radius 3 is 2.12 bits per heavy atom. The third-order valence-corrected chi connectivity index (χ3v) is 13.3. The first-order valence-corrected chi connectivity index (χ1v) is 13.6. The fraction of sp³-hybridized carbons (Fsp3) is 0.966. The number of ketones is 1. The van der Waals surface area contributed by atoms with E-state index in [9.17, 15) is 15.0 Å². The smallest absolute Gasteiger partial charge is 0.136 e. The van der Waals surface area contributed by atoms with Crippen molar-refractivity contribution < 1.29 is 15.0 Å². The molecule has 182 valence electrons. The number of aliphatic hydroxyl groups excluding tert-OH is 1. The Kier molecular flexibility index (Phi) is 4.99. The van der Waals surface area contributed by atoms with Gasteiger partial charge in [0.05, 0.1) is 5.60 Å². The molecule has 0 radical (unpaired) electrons. The van der Waals surface area contributed by atoms with E-state index in [1.807, 2.05) is 0 Å². The van der Waals surface area contributed by atoms with Crippen molar-refractivity contribution in [2.45, 2.75) is 118 Å². The van der Waals surface area contributed by atoms with Crippen molar-refractivity contribution in [2.75, 3.05) is 6.61 Å². The molecule has 2 N–H and O–H groups in total. The molecule has 0 aromatic heterocycles. The lowest BCUT2D eigenvalue weighted by atomic mass is 9.31. The van der Waals surface area contributed by atoms with E-state index < -0.39 is 5.60 Å². The molecular formula is C29H48O3. The SMILES string of the molecule is C[C@H]1C(=O)CC[C@@H]2[C@]1(C)CC[C@H]1[C@@]2(CO)CC[C@@]2(C)[C@@H]3CC(C)(C)CC[C@]3(O)CC[C@]12C. The number of carbonyl (C=O) groups is 1. The molecule has 0 amide bonds. The van der Waals surface area contributed by atoms with Crippen molar-refractivity contribution >= 4 is 5.78 Å². The van der Waals surface area contributed by atoms with Crippen LogP contribution in [0.4, 0.5) is 0 Å². The summed E-state index contributed by atoms with van der Waals surface area (Å²) >= 11 is 0. The highest BCUT2D eigenvalue weighted by Crippen LogP contribution is 2.77. The quantitative estimate of drug-likeness (QED) is 0.510. The first-order valence-electron chi connectivity index (χ1n) is 13.6. The van der Waals surface area contributed by atoms with Crippen LogP contribution in [-0.4, -0.2) is 28.2 Å². The van der Waals surface area contributed by atoms with Crippen LogP contribution in [0.25, 0.3) is 0 Å². The molecule has 5 saturated carbocycles. The first-order chi connectivity index (χ1) is 14.8. The van der Waals surface area contributed by atoms with Gasteiger partial charge >= 0.3 is 0 Å². The standard InChI is InChI=1S/C29H48O3/c1-19-20(31)7-8-21-25(19,4)10-9-22-26(5)13-16-29(32)15-11-24(2,3)17-23(29)27(26,6)12-14-28(21,22)18-30/h19,21-23,30,32H,7-18H2,1-6H3/t19-,21+,22+,23-,25+,26+,27-,28+,29-/m0/s1. The Labute approximate surface area is 196 Å². The molecule has 9 atom stereocenters. The van der Waals surface area contributed by atoms with Gasteiger partial charge < -0.3 is 10.2 Å². The molecule has 5 aliphatic carbocycles. The summed E-state index contributed by atoms with van der Waals surface area (Å²) in [5.74, 6) is 1.84. The molecule has 0 bridgehead atoms. The molecule has 3 nitrogen and oxygen atoms in total. The fourth-order valence-corrected chi connectivity index (χ4v) is 10.8. The predicted octanol–water partition coefficient (Wildman–Crippen LogP) is 6.15. The summed E-state index contributed by atoms with van der Waals surface area (Å²) in [6.07, 6.45) is 11.3. The Morgan fingerprint density at radius 1 is 0.812 bits per heavy atom. The summed E-state index contributed by atoms with van der Waals surface area (Å²) in [6.45, 7) is 14.7. The number of fused-ring (bicyclic) bond motifs is 7. The van der Waals surface area contributed by atoms with E-state index in [1.165, 1.54) is 0 Å². The number of hydrogen-bond donors (Lipinski definition) is 2. The van der Waals surface area contributed by atoms with Gasteiger partial charge in [0.2, 0.25) is 0 Å². The maximum absolute atomic E-state index is 12.7. The van der Waals surface area contributed by atoms with Gasteiger partial charge in [-0.3, -0.25) is 4.79 Å². The second-order valence-corrected chi connectivity index (χ2v) is 14.6. The Hall–Kier alpha value is -0.410. The van der Waals surface area contributed by atoms with Gasteiger partial charge in [-0.15, -0.1) is 0 Å². The minimum absolute atomic E-state index is 0.0287. The average Bonchev–Trinajstić information content (AvgIpc) is 2.74. The summed E-state index contributed by atoms with van der Waals surface area (Å²) in [4.78, 5) is 12.7. The number of Topliss-reactive ketones (excluding diaryl/α,β-unsaturated/α-hetero) is 1. The lowest BCUT2D eigenvalue weighted by Crippen LogP contribution is -2.70. The minimum Gasteiger partial charge on any atom is -0.396 e. The number of hydrogen-bond acceptors (Lipinski definition) is 3. The van der Waals surface area contributed by atoms with Crippen molar-refractivity contribution in [2.24, 2.45) is 50.7 Å². The second kappa shape index (κ2) is 6.84. The second-order valence-electron chi connectivity index (χ2n) is 14.6. The molecule has 3 heteroatoms. The van der Waals surface area contributed by atoms with E-state index in [0.717, 1.165) is 64.2 Å². The predicted molar refractivity (Wildman–Crippen MR) is 128 cm³/mol. The summed E-state index contributed by atoms with van der Waals surface area (Å²) < 4.78 is 0. The highest BCUT2D eigenvalue weighted by Gasteiger charge is 2.72. The van der Waals surface area contributed by atoms with Crippen LogP contribution in [0.1, 0.15) is 112 Å². The minimum atomic E-state index is -0.502. The zero-order chi connectivity index (χ0) is 23.4. The molecule has 0 spiro atoms. The van der Waals surface area contributed by atoms with Crippen LogP contribution in [0.2, 0.25) is 0 Å². The molecule has 0 saturated heterocycles. The molecule has 5 fully saturated rings. The van der Waals surface area contributed by atoms with E-state index in [1.54, 1.807) is 0 Å². The fourth-order valence-electron chi connectivity index (χ4n) is 10.8. The van der Waals surface area contributed by atoms with E-state index >= 15 is 0 Å². The summed E-state index contributed by atoms with van der Waals surface area (Å²) in [7, 11) is 0. The molecule has 0 heterocycles. The first kappa shape index (κ1) is 23.3. The van der Waals surface area contributed by atoms with Crippen LogP contribution in [0.15, 0.2) is 0 Å². The maximum Gasteiger partial charge on any atom is 0.136 e. The zero-order valence-corrected chi connectivity index (χ0v) is 21.6. The van der Waals surface area contributed by atoms with Crippen molar-refractivity contribution in [3.63, 3.8) is 0 Å².